The van der Waals surface area contributed by atoms with Gasteiger partial charge < -0.3 is 9.47 Å². The maximum Gasteiger partial charge on any atom is 0.0541 e. The lowest BCUT2D eigenvalue weighted by molar-refractivity contribution is 0.660. The summed E-state index contributed by atoms with van der Waals surface area (Å²) in [5.74, 6) is 0. The summed E-state index contributed by atoms with van der Waals surface area (Å²) in [6, 6.07) is 94.2. The molecule has 0 spiro atoms. The molecule has 0 radical (unpaired) electrons. The van der Waals surface area contributed by atoms with Crippen LogP contribution in [0.3, 0.4) is 0 Å². The predicted molar refractivity (Wildman–Crippen MR) is 302 cm³/mol. The van der Waals surface area contributed by atoms with Crippen LogP contribution in [0.1, 0.15) is 25.0 Å². The molecule has 0 aliphatic heterocycles. The van der Waals surface area contributed by atoms with Gasteiger partial charge in [0, 0.05) is 38.9 Å². The first-order chi connectivity index (χ1) is 35.0. The van der Waals surface area contributed by atoms with E-state index in [0.717, 1.165) is 22.7 Å². The monoisotopic (exact) mass is 904 g/mol. The summed E-state index contributed by atoms with van der Waals surface area (Å²) in [6.45, 7) is 4.72. The fourth-order valence-electron chi connectivity index (χ4n) is 11.8. The number of fused-ring (bicyclic) bond motifs is 12. The molecule has 71 heavy (non-hydrogen) atoms. The molecule has 1 aromatic heterocycles. The number of nitrogens with zero attached hydrogens (tertiary/aromatic N) is 2. The van der Waals surface area contributed by atoms with Crippen molar-refractivity contribution in [3.8, 4) is 50.2 Å². The van der Waals surface area contributed by atoms with E-state index in [1.807, 2.05) is 0 Å². The van der Waals surface area contributed by atoms with Gasteiger partial charge in [0.2, 0.25) is 0 Å². The Morgan fingerprint density at radius 2 is 0.704 bits per heavy atom. The van der Waals surface area contributed by atoms with E-state index < -0.39 is 0 Å². The van der Waals surface area contributed by atoms with E-state index >= 15 is 0 Å². The van der Waals surface area contributed by atoms with Gasteiger partial charge in [-0.2, -0.15) is 0 Å². The van der Waals surface area contributed by atoms with E-state index in [1.54, 1.807) is 0 Å². The van der Waals surface area contributed by atoms with Crippen LogP contribution in [-0.2, 0) is 5.41 Å². The van der Waals surface area contributed by atoms with Crippen molar-refractivity contribution in [1.29, 1.82) is 0 Å². The molecule has 0 saturated carbocycles. The second-order valence-corrected chi connectivity index (χ2v) is 19.7. The molecule has 13 aromatic rings. The minimum absolute atomic E-state index is 0.115. The minimum Gasteiger partial charge on any atom is -0.310 e. The number of hydrogen-bond acceptors (Lipinski definition) is 1. The maximum atomic E-state index is 2.47. The molecule has 0 N–H and O–H groups in total. The van der Waals surface area contributed by atoms with Crippen LogP contribution in [0.4, 0.5) is 17.1 Å². The molecule has 2 nitrogen and oxygen atoms in total. The number of rotatable bonds is 7. The maximum absolute atomic E-state index is 2.47. The smallest absolute Gasteiger partial charge is 0.0541 e. The largest absolute Gasteiger partial charge is 0.310 e. The number of hydrogen-bond donors (Lipinski definition) is 0. The van der Waals surface area contributed by atoms with Gasteiger partial charge in [-0.15, -0.1) is 0 Å². The number of aromatic nitrogens is 1. The van der Waals surface area contributed by atoms with Gasteiger partial charge in [-0.1, -0.05) is 196 Å². The summed E-state index contributed by atoms with van der Waals surface area (Å²) in [7, 11) is 0. The van der Waals surface area contributed by atoms with Crippen LogP contribution in [0.25, 0.3) is 104 Å². The number of benzene rings is 12. The summed E-state index contributed by atoms with van der Waals surface area (Å²) in [6.07, 6.45) is 0. The summed E-state index contributed by atoms with van der Waals surface area (Å²) in [5.41, 5.74) is 19.3. The highest BCUT2D eigenvalue weighted by Crippen LogP contribution is 2.51. The molecule has 1 aliphatic rings. The van der Waals surface area contributed by atoms with Gasteiger partial charge in [0.1, 0.15) is 0 Å². The highest BCUT2D eigenvalue weighted by atomic mass is 15.1. The molecule has 1 heterocycles. The average Bonchev–Trinajstić information content (AvgIpc) is 3.89. The Morgan fingerprint density at radius 3 is 1.28 bits per heavy atom. The summed E-state index contributed by atoms with van der Waals surface area (Å²) in [4.78, 5) is 2.41. The van der Waals surface area contributed by atoms with Crippen molar-refractivity contribution in [2.75, 3.05) is 4.90 Å². The molecule has 0 saturated heterocycles. The first-order valence-corrected chi connectivity index (χ1v) is 24.7. The van der Waals surface area contributed by atoms with Gasteiger partial charge in [0.25, 0.3) is 0 Å². The van der Waals surface area contributed by atoms with E-state index in [2.05, 4.69) is 278 Å². The Bertz CT molecular complexity index is 4180. The first kappa shape index (κ1) is 41.0. The molecule has 0 atom stereocenters. The Kier molecular flexibility index (Phi) is 9.28. The fraction of sp³-hybridized carbons (Fsp3) is 0.0435. The Balaban J connectivity index is 0.903. The molecule has 0 fully saturated rings. The van der Waals surface area contributed by atoms with Gasteiger partial charge in [0.05, 0.1) is 11.0 Å². The van der Waals surface area contributed by atoms with Gasteiger partial charge in [0.15, 0.2) is 0 Å². The van der Waals surface area contributed by atoms with Crippen molar-refractivity contribution in [1.82, 2.24) is 4.57 Å². The third-order valence-corrected chi connectivity index (χ3v) is 15.4. The molecule has 0 bridgehead atoms. The molecule has 12 aromatic carbocycles. The zero-order valence-corrected chi connectivity index (χ0v) is 39.6. The average molecular weight is 905 g/mol. The highest BCUT2D eigenvalue weighted by molar-refractivity contribution is 6.25. The molecule has 0 unspecified atom stereocenters. The lowest BCUT2D eigenvalue weighted by Crippen LogP contribution is -2.16. The van der Waals surface area contributed by atoms with Crippen molar-refractivity contribution < 1.29 is 0 Å². The van der Waals surface area contributed by atoms with Gasteiger partial charge in [-0.25, -0.2) is 0 Å². The summed E-state index contributed by atoms with van der Waals surface area (Å²) < 4.78 is 2.47. The molecule has 334 valence electrons. The van der Waals surface area contributed by atoms with Crippen LogP contribution in [0.5, 0.6) is 0 Å². The summed E-state index contributed by atoms with van der Waals surface area (Å²) >= 11 is 0. The standard InChI is InChI=1S/C69H48N2/c1-69(2)65-24-14-13-23-60(65)61-38-36-54(44-66(61)69)70(51-31-25-47(26-32-51)45-15-5-3-6-16-45)52-33-27-48(28-34-52)50-30-40-68-64(42-50)63-41-49(46-17-7-4-8-18-46)29-39-67(63)71(68)53-35-37-59-57-21-10-9-19-55(57)56-20-11-12-22-58(56)62(59)43-53/h3-44H,1-2H3. The van der Waals surface area contributed by atoms with Gasteiger partial charge in [-0.05, 0) is 161 Å². The Morgan fingerprint density at radius 1 is 0.282 bits per heavy atom. The molecule has 0 amide bonds. The van der Waals surface area contributed by atoms with Crippen molar-refractivity contribution in [2.24, 2.45) is 0 Å². The Labute approximate surface area is 414 Å². The van der Waals surface area contributed by atoms with E-state index in [9.17, 15) is 0 Å². The lowest BCUT2D eigenvalue weighted by atomic mass is 9.82. The SMILES string of the molecule is CC1(C)c2ccccc2-c2ccc(N(c3ccc(-c4ccccc4)cc3)c3ccc(-c4ccc5c(c4)c4cc(-c6ccccc6)ccc4n5-c4ccc5c6ccccc6c6ccccc6c5c4)cc3)cc21. The molecule has 2 heteroatoms. The number of anilines is 3. The van der Waals surface area contributed by atoms with E-state index in [4.69, 9.17) is 0 Å². The zero-order valence-electron chi connectivity index (χ0n) is 39.6. The van der Waals surface area contributed by atoms with E-state index in [0.29, 0.717) is 0 Å². The second kappa shape index (κ2) is 16.1. The van der Waals surface area contributed by atoms with Crippen LogP contribution in [0, 0.1) is 0 Å². The van der Waals surface area contributed by atoms with E-state index in [-0.39, 0.29) is 5.41 Å². The first-order valence-electron chi connectivity index (χ1n) is 24.7. The van der Waals surface area contributed by atoms with Crippen molar-refractivity contribution in [2.45, 2.75) is 19.3 Å². The van der Waals surface area contributed by atoms with Gasteiger partial charge >= 0.3 is 0 Å². The van der Waals surface area contributed by atoms with Crippen LogP contribution < -0.4 is 4.90 Å². The van der Waals surface area contributed by atoms with Crippen LogP contribution in [-0.4, -0.2) is 4.57 Å². The molecular weight excluding hydrogens is 857 g/mol. The zero-order chi connectivity index (χ0) is 47.2. The minimum atomic E-state index is -0.115. The topological polar surface area (TPSA) is 8.17 Å². The normalized spacial score (nSPS) is 12.8. The van der Waals surface area contributed by atoms with Crippen LogP contribution in [0.2, 0.25) is 0 Å². The molecular formula is C69H48N2. The molecule has 14 rings (SSSR count). The predicted octanol–water partition coefficient (Wildman–Crippen LogP) is 19.0. The quantitative estimate of drug-likeness (QED) is 0.145. The fourth-order valence-corrected chi connectivity index (χ4v) is 11.8. The van der Waals surface area contributed by atoms with Crippen LogP contribution >= 0.6 is 0 Å². The third kappa shape index (κ3) is 6.56. The highest BCUT2D eigenvalue weighted by Gasteiger charge is 2.35. The second-order valence-electron chi connectivity index (χ2n) is 19.7. The van der Waals surface area contributed by atoms with E-state index in [1.165, 1.54) is 110 Å². The lowest BCUT2D eigenvalue weighted by Gasteiger charge is -2.28. The van der Waals surface area contributed by atoms with Crippen molar-refractivity contribution >= 4 is 71.2 Å². The van der Waals surface area contributed by atoms with Gasteiger partial charge in [-0.3, -0.25) is 0 Å². The molecule has 1 aliphatic carbocycles. The Hall–Kier alpha value is -8.98. The van der Waals surface area contributed by atoms with Crippen molar-refractivity contribution in [3.63, 3.8) is 0 Å². The third-order valence-electron chi connectivity index (χ3n) is 15.4. The van der Waals surface area contributed by atoms with Crippen molar-refractivity contribution in [3.05, 3.63) is 266 Å². The van der Waals surface area contributed by atoms with Crippen LogP contribution in [0.15, 0.2) is 255 Å². The summed E-state index contributed by atoms with van der Waals surface area (Å²) in [5, 5.41) is 10.1.